The molecule has 4 aliphatic rings. The molecule has 0 unspecified atom stereocenters. The van der Waals surface area contributed by atoms with Gasteiger partial charge in [-0.15, -0.1) is 0 Å². The maximum atomic E-state index is 12.9. The molecule has 0 amide bonds. The van der Waals surface area contributed by atoms with Crippen LogP contribution in [-0.4, -0.2) is 23.1 Å². The van der Waals surface area contributed by atoms with Gasteiger partial charge in [-0.05, 0) is 79.4 Å². The topological polar surface area (TPSA) is 60.4 Å². The number of ether oxygens (including phenoxy) is 1. The number of rotatable bonds is 2. The van der Waals surface area contributed by atoms with Gasteiger partial charge in [-0.3, -0.25) is 14.4 Å². The average Bonchev–Trinajstić information content (AvgIpc) is 2.85. The maximum absolute atomic E-state index is 12.9. The normalized spacial score (nSPS) is 43.8. The van der Waals surface area contributed by atoms with Crippen LogP contribution >= 0.6 is 0 Å². The number of allylic oxidation sites excluding steroid dienone is 2. The SMILES string of the molecule is C=C1C[C@@H]2[C@@H](CC[C@@]3(C)[C@@H]2CC(=C)[C@]3(OC(C)=O)C(C)=O)[C@@]2(C)CCC(=O)C=C12. The van der Waals surface area contributed by atoms with Gasteiger partial charge in [-0.1, -0.05) is 32.6 Å². The van der Waals surface area contributed by atoms with Gasteiger partial charge in [0.25, 0.3) is 0 Å². The van der Waals surface area contributed by atoms with Gasteiger partial charge in [0.2, 0.25) is 0 Å². The summed E-state index contributed by atoms with van der Waals surface area (Å²) in [6, 6.07) is 0. The summed E-state index contributed by atoms with van der Waals surface area (Å²) in [5.41, 5.74) is 1.22. The van der Waals surface area contributed by atoms with Crippen LogP contribution in [0.25, 0.3) is 0 Å². The molecule has 156 valence electrons. The third kappa shape index (κ3) is 2.47. The molecule has 3 fully saturated rings. The lowest BCUT2D eigenvalue weighted by atomic mass is 9.45. The van der Waals surface area contributed by atoms with Crippen molar-refractivity contribution in [1.82, 2.24) is 0 Å². The van der Waals surface area contributed by atoms with E-state index < -0.39 is 17.0 Å². The molecule has 0 N–H and O–H groups in total. The second-order valence-corrected chi connectivity index (χ2v) is 10.2. The summed E-state index contributed by atoms with van der Waals surface area (Å²) in [7, 11) is 0. The lowest BCUT2D eigenvalue weighted by molar-refractivity contribution is -0.181. The Labute approximate surface area is 173 Å². The first kappa shape index (κ1) is 20.3. The molecule has 0 spiro atoms. The Morgan fingerprint density at radius 3 is 2.41 bits per heavy atom. The smallest absolute Gasteiger partial charge is 0.303 e. The van der Waals surface area contributed by atoms with E-state index in [2.05, 4.69) is 27.0 Å². The molecule has 0 aromatic carbocycles. The molecule has 6 atom stereocenters. The Morgan fingerprint density at radius 2 is 1.79 bits per heavy atom. The van der Waals surface area contributed by atoms with Crippen LogP contribution in [0.15, 0.2) is 36.0 Å². The van der Waals surface area contributed by atoms with Crippen LogP contribution in [0.1, 0.15) is 66.2 Å². The van der Waals surface area contributed by atoms with Gasteiger partial charge in [-0.25, -0.2) is 0 Å². The Kier molecular flexibility index (Phi) is 4.39. The van der Waals surface area contributed by atoms with E-state index in [1.807, 2.05) is 6.08 Å². The number of hydrogen-bond donors (Lipinski definition) is 0. The quantitative estimate of drug-likeness (QED) is 0.500. The van der Waals surface area contributed by atoms with Crippen LogP contribution < -0.4 is 0 Å². The predicted molar refractivity (Wildman–Crippen MR) is 111 cm³/mol. The highest BCUT2D eigenvalue weighted by Crippen LogP contribution is 2.69. The molecule has 4 rings (SSSR count). The molecular formula is C25H32O4. The number of carbonyl (C=O) groups is 3. The maximum Gasteiger partial charge on any atom is 0.303 e. The predicted octanol–water partition coefficient (Wildman–Crippen LogP) is 4.74. The van der Waals surface area contributed by atoms with E-state index in [4.69, 9.17) is 4.74 Å². The molecule has 0 heterocycles. The number of hydrogen-bond acceptors (Lipinski definition) is 4. The molecule has 3 saturated carbocycles. The standard InChI is InChI=1S/C25H32O4/c1-14-11-19-20(23(5)9-7-18(28)13-21(14)23)8-10-24(6)22(19)12-15(2)25(24,16(3)26)29-17(4)27/h13,19-20,22H,1-2,7-12H2,3-6H3/t19-,20-,22-,23-,24+,25+/m1/s1. The van der Waals surface area contributed by atoms with E-state index >= 15 is 0 Å². The highest BCUT2D eigenvalue weighted by Gasteiger charge is 2.69. The molecule has 0 radical (unpaired) electrons. The average molecular weight is 397 g/mol. The van der Waals surface area contributed by atoms with Crippen molar-refractivity contribution >= 4 is 17.5 Å². The number of ketones is 2. The zero-order chi connectivity index (χ0) is 21.4. The zero-order valence-corrected chi connectivity index (χ0v) is 18.1. The fourth-order valence-electron chi connectivity index (χ4n) is 7.64. The van der Waals surface area contributed by atoms with Crippen LogP contribution in [0.5, 0.6) is 0 Å². The Balaban J connectivity index is 1.79. The summed E-state index contributed by atoms with van der Waals surface area (Å²) in [5.74, 6) is 0.665. The van der Waals surface area contributed by atoms with E-state index in [0.717, 1.165) is 42.4 Å². The summed E-state index contributed by atoms with van der Waals surface area (Å²) in [5, 5.41) is 0. The van der Waals surface area contributed by atoms with Gasteiger partial charge in [0.1, 0.15) is 0 Å². The summed E-state index contributed by atoms with van der Waals surface area (Å²) in [4.78, 5) is 37.0. The van der Waals surface area contributed by atoms with Crippen molar-refractivity contribution in [2.75, 3.05) is 0 Å². The lowest BCUT2D eigenvalue weighted by Crippen LogP contribution is -2.59. The van der Waals surface area contributed by atoms with E-state index in [-0.39, 0.29) is 22.9 Å². The number of carbonyl (C=O) groups excluding carboxylic acids is 3. The van der Waals surface area contributed by atoms with Crippen LogP contribution in [0.2, 0.25) is 0 Å². The van der Waals surface area contributed by atoms with Crippen molar-refractivity contribution < 1.29 is 19.1 Å². The third-order valence-electron chi connectivity index (χ3n) is 8.88. The summed E-state index contributed by atoms with van der Waals surface area (Å²) in [6.45, 7) is 15.9. The lowest BCUT2D eigenvalue weighted by Gasteiger charge is -2.59. The van der Waals surface area contributed by atoms with Gasteiger partial charge >= 0.3 is 5.97 Å². The summed E-state index contributed by atoms with van der Waals surface area (Å²) < 4.78 is 5.83. The molecular weight excluding hydrogens is 364 g/mol. The summed E-state index contributed by atoms with van der Waals surface area (Å²) in [6.07, 6.45) is 6.60. The molecule has 4 heteroatoms. The Morgan fingerprint density at radius 1 is 1.10 bits per heavy atom. The molecule has 0 aliphatic heterocycles. The monoisotopic (exact) mass is 396 g/mol. The summed E-state index contributed by atoms with van der Waals surface area (Å²) >= 11 is 0. The molecule has 4 aliphatic carbocycles. The van der Waals surface area contributed by atoms with E-state index in [9.17, 15) is 14.4 Å². The van der Waals surface area contributed by atoms with Crippen LogP contribution in [0, 0.1) is 28.6 Å². The second kappa shape index (κ2) is 6.26. The molecule has 4 nitrogen and oxygen atoms in total. The van der Waals surface area contributed by atoms with E-state index in [1.54, 1.807) is 0 Å². The third-order valence-corrected chi connectivity index (χ3v) is 8.88. The molecule has 0 saturated heterocycles. The Bertz CT molecular complexity index is 879. The van der Waals surface area contributed by atoms with Crippen LogP contribution in [0.3, 0.4) is 0 Å². The number of fused-ring (bicyclic) bond motifs is 5. The second-order valence-electron chi connectivity index (χ2n) is 10.2. The molecule has 0 bridgehead atoms. The van der Waals surface area contributed by atoms with E-state index in [0.29, 0.717) is 24.7 Å². The van der Waals surface area contributed by atoms with Crippen molar-refractivity contribution in [2.24, 2.45) is 28.6 Å². The Hall–Kier alpha value is -1.97. The fourth-order valence-corrected chi connectivity index (χ4v) is 7.64. The first-order valence-electron chi connectivity index (χ1n) is 10.8. The van der Waals surface area contributed by atoms with Crippen LogP contribution in [0.4, 0.5) is 0 Å². The van der Waals surface area contributed by atoms with Gasteiger partial charge in [0, 0.05) is 18.8 Å². The fraction of sp³-hybridized carbons (Fsp3) is 0.640. The highest BCUT2D eigenvalue weighted by atomic mass is 16.6. The minimum Gasteiger partial charge on any atom is -0.446 e. The minimum atomic E-state index is -1.23. The van der Waals surface area contributed by atoms with Gasteiger partial charge < -0.3 is 4.74 Å². The van der Waals surface area contributed by atoms with Crippen molar-refractivity contribution in [1.29, 1.82) is 0 Å². The first-order chi connectivity index (χ1) is 13.5. The van der Waals surface area contributed by atoms with Gasteiger partial charge in [0.15, 0.2) is 17.2 Å². The van der Waals surface area contributed by atoms with Crippen molar-refractivity contribution in [3.63, 3.8) is 0 Å². The number of Topliss-reactive ketones (excluding diaryl/α,β-unsaturated/α-hetero) is 1. The minimum absolute atomic E-state index is 0.0422. The molecule has 0 aromatic rings. The van der Waals surface area contributed by atoms with Crippen LogP contribution in [-0.2, 0) is 19.1 Å². The van der Waals surface area contributed by atoms with Crippen molar-refractivity contribution in [2.45, 2.75) is 71.8 Å². The molecule has 29 heavy (non-hydrogen) atoms. The van der Waals surface area contributed by atoms with Crippen molar-refractivity contribution in [3.8, 4) is 0 Å². The van der Waals surface area contributed by atoms with E-state index in [1.165, 1.54) is 13.8 Å². The number of esters is 1. The highest BCUT2D eigenvalue weighted by molar-refractivity contribution is 5.93. The first-order valence-corrected chi connectivity index (χ1v) is 10.8. The van der Waals surface area contributed by atoms with Crippen molar-refractivity contribution in [3.05, 3.63) is 36.0 Å². The molecule has 0 aromatic heterocycles. The largest absolute Gasteiger partial charge is 0.446 e. The zero-order valence-electron chi connectivity index (χ0n) is 18.1. The van der Waals surface area contributed by atoms with Gasteiger partial charge in [-0.2, -0.15) is 0 Å². The van der Waals surface area contributed by atoms with Gasteiger partial charge in [0.05, 0.1) is 0 Å².